The van der Waals surface area contributed by atoms with Crippen LogP contribution < -0.4 is 20.3 Å². The first-order valence-corrected chi connectivity index (χ1v) is 27.6. The zero-order valence-electron chi connectivity index (χ0n) is 45.4. The molecule has 4 N–H and O–H groups in total. The van der Waals surface area contributed by atoms with Gasteiger partial charge in [0.2, 0.25) is 11.6 Å². The number of ether oxygens (including phenoxy) is 4. The summed E-state index contributed by atoms with van der Waals surface area (Å²) in [7, 11) is -4.41. The minimum absolute atomic E-state index is 0.0363. The van der Waals surface area contributed by atoms with Gasteiger partial charge < -0.3 is 39.6 Å². The predicted molar refractivity (Wildman–Crippen MR) is 292 cm³/mol. The number of nitrogens with zero attached hydrogens (tertiary/aromatic N) is 5. The molecule has 0 fully saturated rings. The van der Waals surface area contributed by atoms with Crippen molar-refractivity contribution >= 4 is 39.0 Å². The Morgan fingerprint density at radius 3 is 2.28 bits per heavy atom. The van der Waals surface area contributed by atoms with E-state index in [2.05, 4.69) is 95.1 Å². The molecule has 3 aliphatic heterocycles. The molecule has 0 spiro atoms. The molecule has 6 rings (SSSR count). The van der Waals surface area contributed by atoms with Crippen LogP contribution in [0, 0.1) is 27.7 Å². The van der Waals surface area contributed by atoms with Gasteiger partial charge in [-0.3, -0.25) is 14.1 Å². The minimum Gasteiger partial charge on any atom is -0.507 e. The van der Waals surface area contributed by atoms with Gasteiger partial charge in [0.25, 0.3) is 16.0 Å². The highest BCUT2D eigenvalue weighted by Crippen LogP contribution is 2.48. The van der Waals surface area contributed by atoms with Crippen LogP contribution in [0.5, 0.6) is 11.5 Å². The van der Waals surface area contributed by atoms with Crippen molar-refractivity contribution in [2.45, 2.75) is 129 Å². The average molecular weight is 1050 g/mol. The molecule has 0 saturated carbocycles. The van der Waals surface area contributed by atoms with Gasteiger partial charge in [-0.1, -0.05) is 54.9 Å². The van der Waals surface area contributed by atoms with Crippen LogP contribution in [0.15, 0.2) is 82.5 Å². The number of phenolic OH excluding ortho intramolecular Hbond substituents is 1. The van der Waals surface area contributed by atoms with Crippen molar-refractivity contribution in [2.75, 3.05) is 77.3 Å². The summed E-state index contributed by atoms with van der Waals surface area (Å²) in [5, 5.41) is 19.8. The van der Waals surface area contributed by atoms with Crippen LogP contribution in [-0.2, 0) is 51.2 Å². The van der Waals surface area contributed by atoms with Crippen molar-refractivity contribution in [1.29, 1.82) is 0 Å². The molecule has 3 aromatic carbocycles. The van der Waals surface area contributed by atoms with Gasteiger partial charge in [-0.2, -0.15) is 13.0 Å². The van der Waals surface area contributed by atoms with E-state index in [1.165, 1.54) is 17.2 Å². The van der Waals surface area contributed by atoms with Crippen LogP contribution in [0.1, 0.15) is 112 Å². The quantitative estimate of drug-likeness (QED) is 0.0107. The number of anilines is 1. The predicted octanol–water partition coefficient (Wildman–Crippen LogP) is 9.37. The summed E-state index contributed by atoms with van der Waals surface area (Å²) in [6.45, 7) is 23.0. The number of aryl methyl sites for hydroxylation is 1. The summed E-state index contributed by atoms with van der Waals surface area (Å²) >= 11 is 0. The lowest BCUT2D eigenvalue weighted by atomic mass is 9.81. The smallest absolute Gasteiger partial charge is 0.294 e. The zero-order valence-corrected chi connectivity index (χ0v) is 46.2. The van der Waals surface area contributed by atoms with Crippen molar-refractivity contribution in [3.05, 3.63) is 122 Å². The number of rotatable bonds is 27. The third-order valence-electron chi connectivity index (χ3n) is 14.8. The van der Waals surface area contributed by atoms with Gasteiger partial charge in [0, 0.05) is 90.4 Å². The molecule has 1 atom stereocenters. The van der Waals surface area contributed by atoms with Gasteiger partial charge in [0.05, 0.1) is 50.0 Å². The van der Waals surface area contributed by atoms with Crippen LogP contribution >= 0.6 is 0 Å². The van der Waals surface area contributed by atoms with E-state index in [-0.39, 0.29) is 27.9 Å². The molecular weight excluding hydrogens is 975 g/mol. The number of carbonyl (C=O) groups is 2. The molecule has 0 radical (unpaired) electrons. The number of allylic oxidation sites excluding steroid dienone is 6. The average Bonchev–Trinajstić information content (AvgIpc) is 3.71. The molecule has 75 heavy (non-hydrogen) atoms. The standard InChI is InChI=1S/C57H77N7O10S/c1-39-20-22-47-45(37-39)55(5,6)50(64(47)30-32-72-34-36-73-35-33-71-31-28-60-54(67)57(9)25-24-44-42(4)52(66)40(2)41(3)53(44)74-57)18-13-10-12-17-49-56(7,8)46-38-43(75(68,69)70)21-23-48(46)63(49)29-15-11-14-19-51(65)59-26-16-27-61-62-58/h10,12-13,17-18,20-23,37-38H,11,14-16,19,24-36H2,1-9H3,(H3-,59,60,65,66,67,68,69,70)/p+1. The fourth-order valence-corrected chi connectivity index (χ4v) is 10.7. The molecule has 17 nitrogen and oxygen atoms in total. The fourth-order valence-electron chi connectivity index (χ4n) is 10.2. The first-order chi connectivity index (χ1) is 35.6. The third-order valence-corrected chi connectivity index (χ3v) is 15.6. The topological polar surface area (TPSA) is 225 Å². The van der Waals surface area contributed by atoms with Gasteiger partial charge in [-0.05, 0) is 126 Å². The van der Waals surface area contributed by atoms with Crippen LogP contribution in [0.2, 0.25) is 0 Å². The molecule has 2 amide bonds. The van der Waals surface area contributed by atoms with Gasteiger partial charge in [0.1, 0.15) is 18.0 Å². The van der Waals surface area contributed by atoms with E-state index in [9.17, 15) is 27.7 Å². The second kappa shape index (κ2) is 25.7. The van der Waals surface area contributed by atoms with Crippen molar-refractivity contribution in [2.24, 2.45) is 5.11 Å². The van der Waals surface area contributed by atoms with Gasteiger partial charge in [0.15, 0.2) is 11.3 Å². The highest BCUT2D eigenvalue weighted by molar-refractivity contribution is 7.85. The van der Waals surface area contributed by atoms with Gasteiger partial charge in [-0.25, -0.2) is 0 Å². The molecule has 3 aromatic rings. The monoisotopic (exact) mass is 1050 g/mol. The Balaban J connectivity index is 0.987. The molecule has 1 unspecified atom stereocenters. The maximum Gasteiger partial charge on any atom is 0.294 e. The lowest BCUT2D eigenvalue weighted by Crippen LogP contribution is -2.51. The number of benzene rings is 3. The van der Waals surface area contributed by atoms with Crippen LogP contribution in [-0.4, -0.2) is 118 Å². The number of carbonyl (C=O) groups excluding carboxylic acids is 2. The van der Waals surface area contributed by atoms with Crippen molar-refractivity contribution in [3.63, 3.8) is 0 Å². The minimum atomic E-state index is -4.41. The van der Waals surface area contributed by atoms with E-state index in [1.807, 2.05) is 39.0 Å². The summed E-state index contributed by atoms with van der Waals surface area (Å²) in [6.07, 6.45) is 14.7. The number of hydrogen-bond donors (Lipinski definition) is 4. The van der Waals surface area contributed by atoms with Gasteiger partial charge in [-0.15, -0.1) is 0 Å². The van der Waals surface area contributed by atoms with Crippen molar-refractivity contribution < 1.29 is 51.2 Å². The van der Waals surface area contributed by atoms with Crippen molar-refractivity contribution in [3.8, 4) is 11.5 Å². The molecule has 0 saturated heterocycles. The van der Waals surface area contributed by atoms with Crippen molar-refractivity contribution in [1.82, 2.24) is 10.6 Å². The number of aromatic hydroxyl groups is 1. The lowest BCUT2D eigenvalue weighted by molar-refractivity contribution is -0.438. The summed E-state index contributed by atoms with van der Waals surface area (Å²) in [6, 6.07) is 11.3. The second-order valence-corrected chi connectivity index (χ2v) is 22.3. The summed E-state index contributed by atoms with van der Waals surface area (Å²) < 4.78 is 60.4. The second-order valence-electron chi connectivity index (χ2n) is 20.8. The fraction of sp³-hybridized carbons (Fsp3) is 0.526. The Bertz CT molecular complexity index is 2870. The zero-order chi connectivity index (χ0) is 54.6. The molecule has 406 valence electrons. The van der Waals surface area contributed by atoms with E-state index >= 15 is 0 Å². The first kappa shape index (κ1) is 58.3. The number of unbranched alkanes of at least 4 members (excludes halogenated alkanes) is 2. The normalized spacial score (nSPS) is 18.1. The Hall–Kier alpha value is -6.01. The van der Waals surface area contributed by atoms with Crippen LogP contribution in [0.25, 0.3) is 10.4 Å². The first-order valence-electron chi connectivity index (χ1n) is 26.1. The SMILES string of the molecule is Cc1ccc2c(c1)C(C)(C)C(=CC=CC=CC1=[N+](CCCCCC(=O)NCCCN=[N+]=[N-])c3ccc(S(=O)(=O)O)cc3C1(C)C)N2CCOCCOCCOCCNC(=O)C1(C)CCc2c(C)c(O)c(C)c(C)c2O1. The molecule has 3 aliphatic rings. The number of amides is 2. The largest absolute Gasteiger partial charge is 0.507 e. The van der Waals surface area contributed by atoms with Crippen LogP contribution in [0.4, 0.5) is 11.4 Å². The Labute approximate surface area is 443 Å². The summed E-state index contributed by atoms with van der Waals surface area (Å²) in [5.74, 6) is 0.749. The number of fused-ring (bicyclic) bond motifs is 3. The van der Waals surface area contributed by atoms with E-state index < -0.39 is 21.1 Å². The Morgan fingerprint density at radius 2 is 1.56 bits per heavy atom. The lowest BCUT2D eigenvalue weighted by Gasteiger charge is -2.36. The number of hydrogen-bond acceptors (Lipinski definition) is 11. The molecule has 0 aromatic heterocycles. The Kier molecular flexibility index (Phi) is 20.0. The van der Waals surface area contributed by atoms with Gasteiger partial charge >= 0.3 is 0 Å². The van der Waals surface area contributed by atoms with E-state index in [4.69, 9.17) is 24.5 Å². The molecular formula is C57H78N7O10S+. The van der Waals surface area contributed by atoms with Crippen LogP contribution in [0.3, 0.4) is 0 Å². The number of nitrogens with one attached hydrogen (secondary N) is 2. The number of azide groups is 1. The highest BCUT2D eigenvalue weighted by Gasteiger charge is 2.45. The summed E-state index contributed by atoms with van der Waals surface area (Å²) in [4.78, 5) is 30.5. The van der Waals surface area contributed by atoms with E-state index in [0.717, 1.165) is 63.4 Å². The van der Waals surface area contributed by atoms with E-state index in [0.29, 0.717) is 110 Å². The maximum atomic E-state index is 13.2. The molecule has 3 heterocycles. The summed E-state index contributed by atoms with van der Waals surface area (Å²) in [5.41, 5.74) is 17.3. The Morgan fingerprint density at radius 1 is 0.840 bits per heavy atom. The molecule has 18 heteroatoms. The number of phenols is 1. The third kappa shape index (κ3) is 14.1. The maximum absolute atomic E-state index is 13.2. The van der Waals surface area contributed by atoms with E-state index in [1.54, 1.807) is 19.1 Å². The molecule has 0 bridgehead atoms. The highest BCUT2D eigenvalue weighted by atomic mass is 32.2. The molecule has 0 aliphatic carbocycles.